The van der Waals surface area contributed by atoms with E-state index in [-0.39, 0.29) is 15.2 Å². The van der Waals surface area contributed by atoms with E-state index in [9.17, 15) is 8.42 Å². The second-order valence-electron chi connectivity index (χ2n) is 4.68. The Morgan fingerprint density at radius 1 is 1.29 bits per heavy atom. The molecular weight excluding hydrogens is 324 g/mol. The van der Waals surface area contributed by atoms with Gasteiger partial charge in [0.05, 0.1) is 4.88 Å². The van der Waals surface area contributed by atoms with Crippen LogP contribution in [0.25, 0.3) is 0 Å². The van der Waals surface area contributed by atoms with E-state index in [0.717, 1.165) is 22.5 Å². The van der Waals surface area contributed by atoms with E-state index in [1.54, 1.807) is 6.07 Å². The summed E-state index contributed by atoms with van der Waals surface area (Å²) in [6.07, 6.45) is 0. The number of hydrogen-bond donors (Lipinski definition) is 2. The minimum absolute atomic E-state index is 0.202. The fourth-order valence-corrected chi connectivity index (χ4v) is 4.61. The number of nitrogens with two attached hydrogens (primary N) is 1. The Morgan fingerprint density at radius 2 is 1.95 bits per heavy atom. The lowest BCUT2D eigenvalue weighted by molar-refractivity contribution is 0.568. The topological polar surface area (TPSA) is 72.2 Å². The summed E-state index contributed by atoms with van der Waals surface area (Å²) in [5.41, 5.74) is 7.50. The van der Waals surface area contributed by atoms with Crippen LogP contribution >= 0.6 is 23.6 Å². The van der Waals surface area contributed by atoms with Gasteiger partial charge in [-0.3, -0.25) is 0 Å². The molecule has 21 heavy (non-hydrogen) atoms. The highest BCUT2D eigenvalue weighted by Crippen LogP contribution is 2.24. The lowest BCUT2D eigenvalue weighted by Crippen LogP contribution is -2.26. The average Bonchev–Trinajstić information content (AvgIpc) is 2.89. The monoisotopic (exact) mass is 340 g/mol. The number of hydrogen-bond acceptors (Lipinski definition) is 4. The molecule has 1 atom stereocenters. The first-order valence-electron chi connectivity index (χ1n) is 6.29. The Morgan fingerprint density at radius 3 is 2.52 bits per heavy atom. The van der Waals surface area contributed by atoms with Crippen molar-refractivity contribution in [2.24, 2.45) is 5.73 Å². The lowest BCUT2D eigenvalue weighted by atomic mass is 10.0. The van der Waals surface area contributed by atoms with Crippen molar-refractivity contribution in [3.8, 4) is 0 Å². The predicted molar refractivity (Wildman–Crippen MR) is 90.1 cm³/mol. The molecule has 0 aliphatic rings. The van der Waals surface area contributed by atoms with E-state index in [1.807, 2.05) is 38.1 Å². The van der Waals surface area contributed by atoms with Gasteiger partial charge >= 0.3 is 0 Å². The van der Waals surface area contributed by atoms with Crippen molar-refractivity contribution >= 4 is 38.6 Å². The molecule has 0 spiro atoms. The van der Waals surface area contributed by atoms with Crippen LogP contribution in [0.5, 0.6) is 0 Å². The smallest absolute Gasteiger partial charge is 0.250 e. The molecule has 1 aromatic carbocycles. The highest BCUT2D eigenvalue weighted by atomic mass is 32.2. The molecule has 0 saturated carbocycles. The van der Waals surface area contributed by atoms with Crippen molar-refractivity contribution in [2.45, 2.75) is 24.1 Å². The Balaban J connectivity index is 2.24. The van der Waals surface area contributed by atoms with Crippen LogP contribution in [0.3, 0.4) is 0 Å². The van der Waals surface area contributed by atoms with Crippen molar-refractivity contribution in [3.63, 3.8) is 0 Å². The van der Waals surface area contributed by atoms with Gasteiger partial charge in [-0.25, -0.2) is 13.1 Å². The molecule has 4 nitrogen and oxygen atoms in total. The zero-order valence-electron chi connectivity index (χ0n) is 11.7. The van der Waals surface area contributed by atoms with E-state index in [0.29, 0.717) is 4.88 Å². The Hall–Kier alpha value is -1.28. The number of thiocarbonyl (C=S) groups is 1. The van der Waals surface area contributed by atoms with Crippen LogP contribution in [0.1, 0.15) is 29.0 Å². The molecule has 0 aliphatic carbocycles. The normalized spacial score (nSPS) is 13.0. The van der Waals surface area contributed by atoms with E-state index in [4.69, 9.17) is 18.0 Å². The Labute approximate surface area is 134 Å². The van der Waals surface area contributed by atoms with Gasteiger partial charge < -0.3 is 5.73 Å². The first-order valence-corrected chi connectivity index (χ1v) is 8.99. The van der Waals surface area contributed by atoms with Gasteiger partial charge in [0.2, 0.25) is 0 Å². The standard InChI is InChI=1S/C14H16N2O2S3/c1-9-5-3-4-6-11(9)10(2)16-21(17,18)13-8-7-12(20-13)14(15)19/h3-8,10,16H,1-2H3,(H2,15,19). The molecule has 2 aromatic rings. The Bertz CT molecular complexity index is 766. The third-order valence-corrected chi connectivity index (χ3v) is 6.58. The van der Waals surface area contributed by atoms with Crippen LogP contribution in [0.4, 0.5) is 0 Å². The van der Waals surface area contributed by atoms with Gasteiger partial charge in [-0.1, -0.05) is 36.5 Å². The van der Waals surface area contributed by atoms with E-state index >= 15 is 0 Å². The van der Waals surface area contributed by atoms with Gasteiger partial charge in [0, 0.05) is 6.04 Å². The summed E-state index contributed by atoms with van der Waals surface area (Å²) in [5.74, 6) is 0. The van der Waals surface area contributed by atoms with E-state index in [2.05, 4.69) is 4.72 Å². The molecule has 3 N–H and O–H groups in total. The number of aryl methyl sites for hydroxylation is 1. The highest BCUT2D eigenvalue weighted by Gasteiger charge is 2.21. The molecule has 112 valence electrons. The number of nitrogens with one attached hydrogen (secondary N) is 1. The maximum Gasteiger partial charge on any atom is 0.250 e. The molecule has 7 heteroatoms. The zero-order chi connectivity index (χ0) is 15.6. The maximum atomic E-state index is 12.4. The largest absolute Gasteiger partial charge is 0.389 e. The Kier molecular flexibility index (Phi) is 4.77. The molecule has 0 saturated heterocycles. The third kappa shape index (κ3) is 3.68. The fraction of sp³-hybridized carbons (Fsp3) is 0.214. The molecule has 0 bridgehead atoms. The van der Waals surface area contributed by atoms with Crippen molar-refractivity contribution in [1.82, 2.24) is 4.72 Å². The quantitative estimate of drug-likeness (QED) is 0.821. The lowest BCUT2D eigenvalue weighted by Gasteiger charge is -2.16. The summed E-state index contributed by atoms with van der Waals surface area (Å²) in [7, 11) is -3.58. The number of benzene rings is 1. The summed E-state index contributed by atoms with van der Waals surface area (Å²) in [6, 6.07) is 10.5. The van der Waals surface area contributed by atoms with Gasteiger partial charge in [-0.2, -0.15) is 0 Å². The minimum atomic E-state index is -3.58. The minimum Gasteiger partial charge on any atom is -0.389 e. The van der Waals surface area contributed by atoms with Gasteiger partial charge in [-0.05, 0) is 37.1 Å². The summed E-state index contributed by atoms with van der Waals surface area (Å²) in [5, 5.41) is 0. The van der Waals surface area contributed by atoms with Gasteiger partial charge in [0.25, 0.3) is 10.0 Å². The summed E-state index contributed by atoms with van der Waals surface area (Å²) >= 11 is 5.93. The zero-order valence-corrected chi connectivity index (χ0v) is 14.1. The van der Waals surface area contributed by atoms with Gasteiger partial charge in [0.1, 0.15) is 9.20 Å². The van der Waals surface area contributed by atoms with Crippen LogP contribution in [-0.2, 0) is 10.0 Å². The van der Waals surface area contributed by atoms with Crippen molar-refractivity contribution < 1.29 is 8.42 Å². The van der Waals surface area contributed by atoms with E-state index in [1.165, 1.54) is 6.07 Å². The van der Waals surface area contributed by atoms with E-state index < -0.39 is 10.0 Å². The number of rotatable bonds is 5. The molecule has 2 rings (SSSR count). The molecule has 0 aliphatic heterocycles. The van der Waals surface area contributed by atoms with Crippen LogP contribution in [0.15, 0.2) is 40.6 Å². The number of thiophene rings is 1. The van der Waals surface area contributed by atoms with Crippen molar-refractivity contribution in [1.29, 1.82) is 0 Å². The van der Waals surface area contributed by atoms with Crippen LogP contribution in [0.2, 0.25) is 0 Å². The van der Waals surface area contributed by atoms with Crippen molar-refractivity contribution in [3.05, 3.63) is 52.4 Å². The fourth-order valence-electron chi connectivity index (χ4n) is 2.02. The average molecular weight is 340 g/mol. The van der Waals surface area contributed by atoms with Crippen molar-refractivity contribution in [2.75, 3.05) is 0 Å². The summed E-state index contributed by atoms with van der Waals surface area (Å²) in [4.78, 5) is 0.794. The molecule has 1 unspecified atom stereocenters. The summed E-state index contributed by atoms with van der Waals surface area (Å²) in [6.45, 7) is 3.78. The number of sulfonamides is 1. The molecule has 1 heterocycles. The molecular formula is C14H16N2O2S3. The predicted octanol–water partition coefficient (Wildman–Crippen LogP) is 2.73. The third-order valence-electron chi connectivity index (χ3n) is 3.08. The SMILES string of the molecule is Cc1ccccc1C(C)NS(=O)(=O)c1ccc(C(N)=S)s1. The summed E-state index contributed by atoms with van der Waals surface area (Å²) < 4.78 is 27.7. The molecule has 0 amide bonds. The van der Waals surface area contributed by atoms with Crippen LogP contribution in [0, 0.1) is 6.92 Å². The molecule has 0 fully saturated rings. The molecule has 1 aromatic heterocycles. The first kappa shape index (κ1) is 16.1. The highest BCUT2D eigenvalue weighted by molar-refractivity contribution is 7.91. The second-order valence-corrected chi connectivity index (χ2v) is 8.15. The maximum absolute atomic E-state index is 12.4. The van der Waals surface area contributed by atoms with Crippen LogP contribution in [-0.4, -0.2) is 13.4 Å². The molecule has 0 radical (unpaired) electrons. The van der Waals surface area contributed by atoms with Crippen LogP contribution < -0.4 is 10.5 Å². The second kappa shape index (κ2) is 6.23. The first-order chi connectivity index (χ1) is 9.81. The van der Waals surface area contributed by atoms with Gasteiger partial charge in [-0.15, -0.1) is 11.3 Å². The van der Waals surface area contributed by atoms with Gasteiger partial charge in [0.15, 0.2) is 0 Å².